The number of ether oxygens (including phenoxy) is 3. The van der Waals surface area contributed by atoms with Gasteiger partial charge in [0.15, 0.2) is 6.29 Å². The van der Waals surface area contributed by atoms with E-state index >= 15 is 0 Å². The van der Waals surface area contributed by atoms with Crippen molar-refractivity contribution in [1.29, 1.82) is 0 Å². The molecule has 12 heavy (non-hydrogen) atoms. The fraction of sp³-hybridized carbons (Fsp3) is 1.00. The summed E-state index contributed by atoms with van der Waals surface area (Å²) in [5.74, 6) is 0.00940. The Labute approximate surface area is 72.4 Å². The molecule has 0 radical (unpaired) electrons. The lowest BCUT2D eigenvalue weighted by atomic mass is 10.0. The van der Waals surface area contributed by atoms with E-state index in [4.69, 9.17) is 14.2 Å². The van der Waals surface area contributed by atoms with E-state index in [1.54, 1.807) is 7.11 Å². The van der Waals surface area contributed by atoms with Crippen molar-refractivity contribution in [2.24, 2.45) is 5.92 Å². The molecule has 1 fully saturated rings. The van der Waals surface area contributed by atoms with Crippen molar-refractivity contribution in [2.45, 2.75) is 32.3 Å². The summed E-state index contributed by atoms with van der Waals surface area (Å²) in [6, 6.07) is 0. The van der Waals surface area contributed by atoms with Crippen LogP contribution in [0, 0.1) is 5.92 Å². The minimum atomic E-state index is -0.707. The second-order valence-electron chi connectivity index (χ2n) is 3.13. The highest BCUT2D eigenvalue weighted by Crippen LogP contribution is 2.27. The van der Waals surface area contributed by atoms with E-state index in [1.165, 1.54) is 0 Å². The summed E-state index contributed by atoms with van der Waals surface area (Å²) in [4.78, 5) is 0. The van der Waals surface area contributed by atoms with Crippen molar-refractivity contribution < 1.29 is 19.3 Å². The standard InChI is InChI=1S/C8H16O4/c1-5-7(11-4-10-3)6(2)12-8(5)9/h5-9H,4H2,1-3H3/t5-,6+,7+,8+/m0/s1. The Balaban J connectivity index is 2.40. The zero-order chi connectivity index (χ0) is 9.14. The predicted octanol–water partition coefficient (Wildman–Crippen LogP) is 0.349. The van der Waals surface area contributed by atoms with Crippen LogP contribution in [-0.4, -0.2) is 37.5 Å². The largest absolute Gasteiger partial charge is 0.368 e. The molecule has 0 aliphatic carbocycles. The van der Waals surface area contributed by atoms with Gasteiger partial charge in [0.2, 0.25) is 0 Å². The van der Waals surface area contributed by atoms with Crippen LogP contribution in [0.25, 0.3) is 0 Å². The van der Waals surface area contributed by atoms with E-state index in [0.29, 0.717) is 0 Å². The highest BCUT2D eigenvalue weighted by molar-refractivity contribution is 4.81. The molecule has 1 aliphatic heterocycles. The van der Waals surface area contributed by atoms with Crippen LogP contribution in [0.15, 0.2) is 0 Å². The minimum Gasteiger partial charge on any atom is -0.368 e. The maximum absolute atomic E-state index is 9.29. The molecule has 1 saturated heterocycles. The van der Waals surface area contributed by atoms with Gasteiger partial charge in [0, 0.05) is 13.0 Å². The van der Waals surface area contributed by atoms with Crippen LogP contribution < -0.4 is 0 Å². The Hall–Kier alpha value is -0.160. The van der Waals surface area contributed by atoms with Gasteiger partial charge in [-0.15, -0.1) is 0 Å². The van der Waals surface area contributed by atoms with Crippen molar-refractivity contribution in [2.75, 3.05) is 13.9 Å². The molecular weight excluding hydrogens is 160 g/mol. The highest BCUT2D eigenvalue weighted by atomic mass is 16.7. The molecule has 4 atom stereocenters. The van der Waals surface area contributed by atoms with Crippen LogP contribution in [0.1, 0.15) is 13.8 Å². The first-order valence-electron chi connectivity index (χ1n) is 4.11. The first-order valence-corrected chi connectivity index (χ1v) is 4.11. The molecule has 0 amide bonds. The molecule has 0 aromatic heterocycles. The zero-order valence-corrected chi connectivity index (χ0v) is 7.69. The van der Waals surface area contributed by atoms with Gasteiger partial charge in [0.05, 0.1) is 12.2 Å². The van der Waals surface area contributed by atoms with E-state index in [1.807, 2.05) is 13.8 Å². The first-order chi connectivity index (χ1) is 5.66. The van der Waals surface area contributed by atoms with Crippen molar-refractivity contribution >= 4 is 0 Å². The monoisotopic (exact) mass is 176 g/mol. The van der Waals surface area contributed by atoms with E-state index in [0.717, 1.165) is 0 Å². The van der Waals surface area contributed by atoms with Crippen LogP contribution in [0.2, 0.25) is 0 Å². The molecule has 0 aromatic carbocycles. The van der Waals surface area contributed by atoms with Gasteiger partial charge in [-0.25, -0.2) is 0 Å². The zero-order valence-electron chi connectivity index (χ0n) is 7.69. The number of hydrogen-bond acceptors (Lipinski definition) is 4. The second-order valence-corrected chi connectivity index (χ2v) is 3.13. The molecule has 0 saturated carbocycles. The lowest BCUT2D eigenvalue weighted by Gasteiger charge is -2.17. The lowest BCUT2D eigenvalue weighted by molar-refractivity contribution is -0.108. The molecule has 4 nitrogen and oxygen atoms in total. The lowest BCUT2D eigenvalue weighted by Crippen LogP contribution is -2.28. The SMILES string of the molecule is COCO[C@@H]1[C@H](C)[C@H](O)O[C@@H]1C. The summed E-state index contributed by atoms with van der Waals surface area (Å²) in [5.41, 5.74) is 0. The molecule has 0 aromatic rings. The summed E-state index contributed by atoms with van der Waals surface area (Å²) in [7, 11) is 1.57. The van der Waals surface area contributed by atoms with Crippen LogP contribution in [0.4, 0.5) is 0 Å². The number of aliphatic hydroxyl groups is 1. The van der Waals surface area contributed by atoms with Crippen LogP contribution in [0.5, 0.6) is 0 Å². The summed E-state index contributed by atoms with van der Waals surface area (Å²) in [6.07, 6.45) is -0.841. The summed E-state index contributed by atoms with van der Waals surface area (Å²) >= 11 is 0. The number of rotatable bonds is 3. The first kappa shape index (κ1) is 9.92. The molecular formula is C8H16O4. The maximum atomic E-state index is 9.29. The van der Waals surface area contributed by atoms with Crippen LogP contribution in [-0.2, 0) is 14.2 Å². The summed E-state index contributed by atoms with van der Waals surface area (Å²) in [6.45, 7) is 4.02. The number of methoxy groups -OCH3 is 1. The third kappa shape index (κ3) is 1.95. The Morgan fingerprint density at radius 2 is 2.08 bits per heavy atom. The Morgan fingerprint density at radius 3 is 2.50 bits per heavy atom. The molecule has 0 bridgehead atoms. The molecule has 1 aliphatic rings. The smallest absolute Gasteiger partial charge is 0.160 e. The molecule has 4 heteroatoms. The Kier molecular flexibility index (Phi) is 3.46. The fourth-order valence-corrected chi connectivity index (χ4v) is 1.44. The third-order valence-electron chi connectivity index (χ3n) is 2.16. The summed E-state index contributed by atoms with van der Waals surface area (Å²) < 4.78 is 15.3. The second kappa shape index (κ2) is 4.18. The predicted molar refractivity (Wildman–Crippen MR) is 42.5 cm³/mol. The van der Waals surface area contributed by atoms with E-state index < -0.39 is 6.29 Å². The van der Waals surface area contributed by atoms with Crippen molar-refractivity contribution in [3.63, 3.8) is 0 Å². The maximum Gasteiger partial charge on any atom is 0.160 e. The normalized spacial score (nSPS) is 42.0. The van der Waals surface area contributed by atoms with Crippen LogP contribution >= 0.6 is 0 Å². The topological polar surface area (TPSA) is 47.9 Å². The average molecular weight is 176 g/mol. The van der Waals surface area contributed by atoms with Gasteiger partial charge in [0.1, 0.15) is 6.79 Å². The fourth-order valence-electron chi connectivity index (χ4n) is 1.44. The van der Waals surface area contributed by atoms with E-state index in [9.17, 15) is 5.11 Å². The van der Waals surface area contributed by atoms with Gasteiger partial charge in [0.25, 0.3) is 0 Å². The van der Waals surface area contributed by atoms with Gasteiger partial charge >= 0.3 is 0 Å². The highest BCUT2D eigenvalue weighted by Gasteiger charge is 2.39. The van der Waals surface area contributed by atoms with Crippen molar-refractivity contribution in [3.8, 4) is 0 Å². The number of aliphatic hydroxyl groups excluding tert-OH is 1. The van der Waals surface area contributed by atoms with Crippen LogP contribution in [0.3, 0.4) is 0 Å². The Morgan fingerprint density at radius 1 is 1.42 bits per heavy atom. The van der Waals surface area contributed by atoms with Gasteiger partial charge in [-0.2, -0.15) is 0 Å². The van der Waals surface area contributed by atoms with Gasteiger partial charge in [-0.1, -0.05) is 6.92 Å². The van der Waals surface area contributed by atoms with Gasteiger partial charge in [-0.05, 0) is 6.92 Å². The molecule has 1 rings (SSSR count). The van der Waals surface area contributed by atoms with Gasteiger partial charge in [-0.3, -0.25) is 0 Å². The molecule has 0 spiro atoms. The van der Waals surface area contributed by atoms with Gasteiger partial charge < -0.3 is 19.3 Å². The molecule has 72 valence electrons. The Bertz CT molecular complexity index is 139. The van der Waals surface area contributed by atoms with E-state index in [-0.39, 0.29) is 24.9 Å². The quantitative estimate of drug-likeness (QED) is 0.630. The number of hydrogen-bond donors (Lipinski definition) is 1. The summed E-state index contributed by atoms with van der Waals surface area (Å²) in [5, 5.41) is 9.29. The average Bonchev–Trinajstić information content (AvgIpc) is 2.25. The van der Waals surface area contributed by atoms with Crippen molar-refractivity contribution in [1.82, 2.24) is 0 Å². The minimum absolute atomic E-state index is 0.00940. The third-order valence-corrected chi connectivity index (χ3v) is 2.16. The molecule has 1 N–H and O–H groups in total. The van der Waals surface area contributed by atoms with Crippen molar-refractivity contribution in [3.05, 3.63) is 0 Å². The molecule has 1 heterocycles. The van der Waals surface area contributed by atoms with E-state index in [2.05, 4.69) is 0 Å². The molecule has 0 unspecified atom stereocenters.